The van der Waals surface area contributed by atoms with Gasteiger partial charge in [0.1, 0.15) is 0 Å². The third-order valence-electron chi connectivity index (χ3n) is 4.21. The van der Waals surface area contributed by atoms with Crippen LogP contribution in [0.5, 0.6) is 0 Å². The van der Waals surface area contributed by atoms with E-state index in [0.29, 0.717) is 12.6 Å². The molecule has 0 unspecified atom stereocenters. The van der Waals surface area contributed by atoms with Crippen LogP contribution in [0, 0.1) is 5.92 Å². The van der Waals surface area contributed by atoms with Gasteiger partial charge in [-0.15, -0.1) is 0 Å². The summed E-state index contributed by atoms with van der Waals surface area (Å²) < 4.78 is 1.12. The van der Waals surface area contributed by atoms with E-state index in [1.807, 2.05) is 0 Å². The smallest absolute Gasteiger partial charge is 0.0423 e. The summed E-state index contributed by atoms with van der Waals surface area (Å²) in [6, 6.07) is 7.02. The summed E-state index contributed by atoms with van der Waals surface area (Å²) in [5.74, 6) is 0.895. The van der Waals surface area contributed by atoms with Gasteiger partial charge in [0, 0.05) is 35.4 Å². The average molecular weight is 311 g/mol. The van der Waals surface area contributed by atoms with E-state index in [2.05, 4.69) is 53.0 Å². The molecule has 0 bridgehead atoms. The number of halogens is 1. The van der Waals surface area contributed by atoms with Crippen LogP contribution in [0.2, 0.25) is 0 Å². The number of hydrogen-bond acceptors (Lipinski definition) is 2. The van der Waals surface area contributed by atoms with Crippen LogP contribution in [0.3, 0.4) is 0 Å². The van der Waals surface area contributed by atoms with Crippen molar-refractivity contribution < 1.29 is 0 Å². The highest BCUT2D eigenvalue weighted by molar-refractivity contribution is 9.10. The fraction of sp³-hybridized carbons (Fsp3) is 0.600. The maximum atomic E-state index is 5.88. The van der Waals surface area contributed by atoms with E-state index in [4.69, 9.17) is 5.73 Å². The van der Waals surface area contributed by atoms with Gasteiger partial charge in [-0.05, 0) is 43.7 Å². The van der Waals surface area contributed by atoms with Gasteiger partial charge >= 0.3 is 0 Å². The lowest BCUT2D eigenvalue weighted by molar-refractivity contribution is 0.340. The molecule has 1 aromatic rings. The fourth-order valence-corrected chi connectivity index (χ4v) is 3.42. The van der Waals surface area contributed by atoms with Crippen molar-refractivity contribution >= 4 is 21.6 Å². The van der Waals surface area contributed by atoms with Crippen LogP contribution in [0.4, 0.5) is 5.69 Å². The average Bonchev–Trinajstić information content (AvgIpc) is 2.38. The molecule has 0 spiro atoms. The maximum Gasteiger partial charge on any atom is 0.0423 e. The second kappa shape index (κ2) is 6.07. The largest absolute Gasteiger partial charge is 0.371 e. The molecule has 0 aromatic heterocycles. The zero-order chi connectivity index (χ0) is 13.1. The van der Waals surface area contributed by atoms with E-state index in [9.17, 15) is 0 Å². The monoisotopic (exact) mass is 310 g/mol. The van der Waals surface area contributed by atoms with E-state index < -0.39 is 0 Å². The molecule has 0 amide bonds. The van der Waals surface area contributed by atoms with E-state index in [-0.39, 0.29) is 0 Å². The highest BCUT2D eigenvalue weighted by atomic mass is 79.9. The normalized spacial score (nSPS) is 24.0. The summed E-state index contributed by atoms with van der Waals surface area (Å²) in [4.78, 5) is 2.43. The van der Waals surface area contributed by atoms with E-state index in [1.54, 1.807) is 0 Å². The van der Waals surface area contributed by atoms with Gasteiger partial charge < -0.3 is 10.6 Å². The summed E-state index contributed by atoms with van der Waals surface area (Å²) in [5.41, 5.74) is 8.39. The van der Waals surface area contributed by atoms with E-state index >= 15 is 0 Å². The molecule has 0 heterocycles. The Hall–Kier alpha value is -0.540. The van der Waals surface area contributed by atoms with Crippen molar-refractivity contribution in [2.45, 2.75) is 45.2 Å². The Kier molecular flexibility index (Phi) is 4.68. The standard InChI is InChI=1S/C15H23BrN2/c1-11-6-8-12(9-7-11)18(2)15-5-3-4-14(16)13(15)10-17/h3-5,11-12H,6-10,17H2,1-2H3. The number of rotatable bonds is 3. The van der Waals surface area contributed by atoms with E-state index in [0.717, 1.165) is 10.4 Å². The molecule has 1 aliphatic carbocycles. The summed E-state index contributed by atoms with van der Waals surface area (Å²) in [5, 5.41) is 0. The number of hydrogen-bond donors (Lipinski definition) is 1. The SMILES string of the molecule is CC1CCC(N(C)c2cccc(Br)c2CN)CC1. The van der Waals surface area contributed by atoms with E-state index in [1.165, 1.54) is 36.9 Å². The molecule has 0 atom stereocenters. The minimum absolute atomic E-state index is 0.588. The lowest BCUT2D eigenvalue weighted by Crippen LogP contribution is -2.35. The topological polar surface area (TPSA) is 29.3 Å². The number of anilines is 1. The summed E-state index contributed by atoms with van der Waals surface area (Å²) in [6.45, 7) is 2.95. The first-order chi connectivity index (χ1) is 8.63. The van der Waals surface area contributed by atoms with Crippen LogP contribution in [-0.2, 0) is 6.54 Å². The van der Waals surface area contributed by atoms with Gasteiger partial charge in [-0.25, -0.2) is 0 Å². The van der Waals surface area contributed by atoms with Gasteiger partial charge in [0.15, 0.2) is 0 Å². The summed E-state index contributed by atoms with van der Waals surface area (Å²) in [7, 11) is 2.21. The number of nitrogens with zero attached hydrogens (tertiary/aromatic N) is 1. The first-order valence-electron chi connectivity index (χ1n) is 6.83. The molecule has 2 nitrogen and oxygen atoms in total. The molecule has 1 aliphatic rings. The van der Waals surface area contributed by atoms with Crippen molar-refractivity contribution in [3.05, 3.63) is 28.2 Å². The van der Waals surface area contributed by atoms with Crippen molar-refractivity contribution in [3.8, 4) is 0 Å². The van der Waals surface area contributed by atoms with Gasteiger partial charge in [0.05, 0.1) is 0 Å². The Morgan fingerprint density at radius 3 is 2.56 bits per heavy atom. The van der Waals surface area contributed by atoms with Crippen LogP contribution in [0.15, 0.2) is 22.7 Å². The molecule has 1 fully saturated rings. The van der Waals surface area contributed by atoms with Crippen LogP contribution >= 0.6 is 15.9 Å². The lowest BCUT2D eigenvalue weighted by atomic mass is 9.86. The quantitative estimate of drug-likeness (QED) is 0.916. The van der Waals surface area contributed by atoms with Crippen LogP contribution in [0.1, 0.15) is 38.2 Å². The second-order valence-corrected chi connectivity index (χ2v) is 6.32. The number of benzene rings is 1. The van der Waals surface area contributed by atoms with Crippen molar-refractivity contribution in [3.63, 3.8) is 0 Å². The van der Waals surface area contributed by atoms with Crippen molar-refractivity contribution in [2.75, 3.05) is 11.9 Å². The zero-order valence-electron chi connectivity index (χ0n) is 11.3. The molecule has 1 saturated carbocycles. The van der Waals surface area contributed by atoms with Crippen molar-refractivity contribution in [1.29, 1.82) is 0 Å². The summed E-state index contributed by atoms with van der Waals surface area (Å²) in [6.07, 6.45) is 5.30. The molecular weight excluding hydrogens is 288 g/mol. The van der Waals surface area contributed by atoms with Crippen LogP contribution in [-0.4, -0.2) is 13.1 Å². The minimum Gasteiger partial charge on any atom is -0.371 e. The molecular formula is C15H23BrN2. The van der Waals surface area contributed by atoms with Gasteiger partial charge in [-0.3, -0.25) is 0 Å². The minimum atomic E-state index is 0.588. The predicted octanol–water partition coefficient (Wildman–Crippen LogP) is 3.92. The molecule has 2 N–H and O–H groups in total. The van der Waals surface area contributed by atoms with Crippen molar-refractivity contribution in [2.24, 2.45) is 11.7 Å². The van der Waals surface area contributed by atoms with Gasteiger partial charge in [0.2, 0.25) is 0 Å². The molecule has 0 radical (unpaired) electrons. The molecule has 100 valence electrons. The Morgan fingerprint density at radius 1 is 1.28 bits per heavy atom. The lowest BCUT2D eigenvalue weighted by Gasteiger charge is -2.36. The van der Waals surface area contributed by atoms with Crippen LogP contribution < -0.4 is 10.6 Å². The Bertz CT molecular complexity index is 397. The first-order valence-corrected chi connectivity index (χ1v) is 7.63. The zero-order valence-corrected chi connectivity index (χ0v) is 12.9. The molecule has 2 rings (SSSR count). The third-order valence-corrected chi connectivity index (χ3v) is 4.95. The highest BCUT2D eigenvalue weighted by Gasteiger charge is 2.23. The molecule has 1 aromatic carbocycles. The van der Waals surface area contributed by atoms with Crippen molar-refractivity contribution in [1.82, 2.24) is 0 Å². The Balaban J connectivity index is 2.18. The molecule has 0 aliphatic heterocycles. The second-order valence-electron chi connectivity index (χ2n) is 5.47. The van der Waals surface area contributed by atoms with Crippen LogP contribution in [0.25, 0.3) is 0 Å². The molecule has 18 heavy (non-hydrogen) atoms. The fourth-order valence-electron chi connectivity index (χ4n) is 2.91. The highest BCUT2D eigenvalue weighted by Crippen LogP contribution is 2.33. The molecule has 0 saturated heterocycles. The predicted molar refractivity (Wildman–Crippen MR) is 81.9 cm³/mol. The third kappa shape index (κ3) is 2.89. The Morgan fingerprint density at radius 2 is 1.94 bits per heavy atom. The summed E-state index contributed by atoms with van der Waals surface area (Å²) >= 11 is 3.60. The number of nitrogens with two attached hydrogens (primary N) is 1. The Labute approximate surface area is 119 Å². The van der Waals surface area contributed by atoms with Gasteiger partial charge in [0.25, 0.3) is 0 Å². The molecule has 3 heteroatoms. The van der Waals surface area contributed by atoms with Gasteiger partial charge in [-0.1, -0.05) is 28.9 Å². The maximum absolute atomic E-state index is 5.88. The van der Waals surface area contributed by atoms with Gasteiger partial charge in [-0.2, -0.15) is 0 Å². The first kappa shape index (κ1) is 13.9.